The number of benzene rings is 3. The van der Waals surface area contributed by atoms with Gasteiger partial charge < -0.3 is 10.1 Å². The summed E-state index contributed by atoms with van der Waals surface area (Å²) in [6.07, 6.45) is 2.48. The van der Waals surface area contributed by atoms with Crippen LogP contribution in [0, 0.1) is 5.82 Å². The molecule has 1 heterocycles. The first kappa shape index (κ1) is 25.1. The van der Waals surface area contributed by atoms with E-state index in [1.54, 1.807) is 24.3 Å². The second-order valence-electron chi connectivity index (χ2n) is 7.72. The zero-order chi connectivity index (χ0) is 25.9. The number of ether oxygens (including phenoxy) is 1. The molecule has 0 unspecified atom stereocenters. The van der Waals surface area contributed by atoms with Gasteiger partial charge in [0.15, 0.2) is 16.4 Å². The Kier molecular flexibility index (Phi) is 7.18. The van der Waals surface area contributed by atoms with Gasteiger partial charge in [0.2, 0.25) is 0 Å². The first-order valence-corrected chi connectivity index (χ1v) is 12.8. The highest BCUT2D eigenvalue weighted by Crippen LogP contribution is 2.26. The van der Waals surface area contributed by atoms with E-state index in [1.807, 2.05) is 6.07 Å². The normalized spacial score (nSPS) is 11.2. The van der Waals surface area contributed by atoms with E-state index in [-0.39, 0.29) is 26.9 Å². The zero-order valence-electron chi connectivity index (χ0n) is 18.8. The van der Waals surface area contributed by atoms with Gasteiger partial charge in [-0.2, -0.15) is 5.10 Å². The van der Waals surface area contributed by atoms with Gasteiger partial charge in [0.25, 0.3) is 5.91 Å². The molecule has 0 saturated heterocycles. The number of carbonyl (C=O) groups excluding carboxylic acids is 2. The largest absolute Gasteiger partial charge is 0.452 e. The number of hydrogen-bond donors (Lipinski definition) is 1. The zero-order valence-corrected chi connectivity index (χ0v) is 20.4. The number of aromatic nitrogens is 2. The summed E-state index contributed by atoms with van der Waals surface area (Å²) < 4.78 is 43.7. The van der Waals surface area contributed by atoms with Gasteiger partial charge in [0.05, 0.1) is 21.3 Å². The minimum absolute atomic E-state index is 0.0311. The van der Waals surface area contributed by atoms with E-state index in [0.717, 1.165) is 6.26 Å². The molecule has 3 aromatic carbocycles. The summed E-state index contributed by atoms with van der Waals surface area (Å²) in [4.78, 5) is 25.3. The fraction of sp³-hybridized carbons (Fsp3) is 0.0800. The lowest BCUT2D eigenvalue weighted by molar-refractivity contribution is -0.119. The summed E-state index contributed by atoms with van der Waals surface area (Å²) in [5.41, 5.74) is 1.53. The van der Waals surface area contributed by atoms with E-state index in [2.05, 4.69) is 10.4 Å². The van der Waals surface area contributed by atoms with Crippen molar-refractivity contribution in [3.05, 3.63) is 95.4 Å². The van der Waals surface area contributed by atoms with Gasteiger partial charge in [0, 0.05) is 18.0 Å². The van der Waals surface area contributed by atoms with Gasteiger partial charge in [-0.05, 0) is 54.6 Å². The molecule has 0 spiro atoms. The highest BCUT2D eigenvalue weighted by Gasteiger charge is 2.21. The first-order chi connectivity index (χ1) is 17.1. The number of carbonyl (C=O) groups is 2. The number of para-hydroxylation sites is 1. The molecule has 0 aliphatic heterocycles. The highest BCUT2D eigenvalue weighted by atomic mass is 35.5. The van der Waals surface area contributed by atoms with Crippen molar-refractivity contribution in [2.75, 3.05) is 18.2 Å². The Morgan fingerprint density at radius 2 is 1.75 bits per heavy atom. The van der Waals surface area contributed by atoms with E-state index in [1.165, 1.54) is 53.3 Å². The van der Waals surface area contributed by atoms with Crippen LogP contribution in [0.15, 0.2) is 83.9 Å². The maximum absolute atomic E-state index is 13.4. The number of hydrogen-bond acceptors (Lipinski definition) is 6. The van der Waals surface area contributed by atoms with E-state index in [0.29, 0.717) is 11.3 Å². The molecule has 36 heavy (non-hydrogen) atoms. The third-order valence-corrected chi connectivity index (χ3v) is 6.49. The van der Waals surface area contributed by atoms with Crippen LogP contribution < -0.4 is 5.32 Å². The molecule has 1 amide bonds. The predicted octanol–water partition coefficient (Wildman–Crippen LogP) is 4.53. The van der Waals surface area contributed by atoms with Crippen LogP contribution in [-0.2, 0) is 19.4 Å². The minimum atomic E-state index is -3.52. The van der Waals surface area contributed by atoms with Gasteiger partial charge in [-0.1, -0.05) is 29.8 Å². The van der Waals surface area contributed by atoms with E-state index in [4.69, 9.17) is 16.3 Å². The van der Waals surface area contributed by atoms with Crippen molar-refractivity contribution in [3.63, 3.8) is 0 Å². The maximum Gasteiger partial charge on any atom is 0.342 e. The Hall–Kier alpha value is -4.02. The number of sulfone groups is 1. The molecule has 8 nitrogen and oxygen atoms in total. The molecular weight excluding hydrogens is 509 g/mol. The van der Waals surface area contributed by atoms with E-state index >= 15 is 0 Å². The number of amides is 1. The second-order valence-corrected chi connectivity index (χ2v) is 10.1. The summed E-state index contributed by atoms with van der Waals surface area (Å²) >= 11 is 6.05. The summed E-state index contributed by atoms with van der Waals surface area (Å²) in [5.74, 6) is -2.00. The number of esters is 1. The number of anilines is 1. The smallest absolute Gasteiger partial charge is 0.342 e. The average molecular weight is 528 g/mol. The van der Waals surface area contributed by atoms with Crippen molar-refractivity contribution < 1.29 is 27.1 Å². The molecule has 4 aromatic rings. The molecule has 184 valence electrons. The third kappa shape index (κ3) is 5.78. The van der Waals surface area contributed by atoms with Crippen LogP contribution in [0.3, 0.4) is 0 Å². The maximum atomic E-state index is 13.4. The van der Waals surface area contributed by atoms with Crippen molar-refractivity contribution in [2.24, 2.45) is 0 Å². The molecule has 0 fully saturated rings. The summed E-state index contributed by atoms with van der Waals surface area (Å²) in [5, 5.41) is 7.01. The monoisotopic (exact) mass is 527 g/mol. The minimum Gasteiger partial charge on any atom is -0.452 e. The lowest BCUT2D eigenvalue weighted by Crippen LogP contribution is -2.21. The fourth-order valence-corrected chi connectivity index (χ4v) is 4.10. The molecule has 0 bridgehead atoms. The Bertz CT molecular complexity index is 1540. The van der Waals surface area contributed by atoms with Crippen LogP contribution in [0.5, 0.6) is 0 Å². The van der Waals surface area contributed by atoms with Crippen LogP contribution in [0.2, 0.25) is 5.02 Å². The van der Waals surface area contributed by atoms with Crippen LogP contribution in [0.4, 0.5) is 10.1 Å². The number of nitrogens with zero attached hydrogens (tertiary/aromatic N) is 2. The molecule has 1 N–H and O–H groups in total. The lowest BCUT2D eigenvalue weighted by Gasteiger charge is -2.09. The number of halogens is 2. The molecule has 0 atom stereocenters. The van der Waals surface area contributed by atoms with Gasteiger partial charge >= 0.3 is 5.97 Å². The predicted molar refractivity (Wildman–Crippen MR) is 132 cm³/mol. The molecule has 0 radical (unpaired) electrons. The average Bonchev–Trinajstić information content (AvgIpc) is 3.30. The molecule has 11 heteroatoms. The van der Waals surface area contributed by atoms with E-state index < -0.39 is 34.1 Å². The van der Waals surface area contributed by atoms with E-state index in [9.17, 15) is 22.4 Å². The van der Waals surface area contributed by atoms with Crippen molar-refractivity contribution in [3.8, 4) is 16.9 Å². The van der Waals surface area contributed by atoms with Gasteiger partial charge in [-0.15, -0.1) is 0 Å². The Balaban J connectivity index is 1.55. The van der Waals surface area contributed by atoms with Crippen molar-refractivity contribution in [2.45, 2.75) is 4.90 Å². The van der Waals surface area contributed by atoms with Crippen LogP contribution in [-0.4, -0.2) is 42.9 Å². The topological polar surface area (TPSA) is 107 Å². The quantitative estimate of drug-likeness (QED) is 0.354. The lowest BCUT2D eigenvalue weighted by atomic mass is 10.1. The fourth-order valence-electron chi connectivity index (χ4n) is 3.28. The Morgan fingerprint density at radius 3 is 2.42 bits per heavy atom. The van der Waals surface area contributed by atoms with Crippen molar-refractivity contribution in [1.82, 2.24) is 9.78 Å². The van der Waals surface area contributed by atoms with Gasteiger partial charge in [0.1, 0.15) is 17.1 Å². The summed E-state index contributed by atoms with van der Waals surface area (Å²) in [6.45, 7) is -0.669. The molecule has 0 saturated carbocycles. The second kappa shape index (κ2) is 10.3. The van der Waals surface area contributed by atoms with Crippen LogP contribution in [0.25, 0.3) is 16.9 Å². The Morgan fingerprint density at radius 1 is 1.06 bits per heavy atom. The standard InChI is InChI=1S/C25H19ClFN3O5S/c1-36(33,34)19-11-12-21(26)22(13-19)28-23(31)15-35-25(32)20-14-30(18-5-3-2-4-6-18)29-24(20)16-7-9-17(27)10-8-16/h2-14H,15H2,1H3,(H,28,31). The van der Waals surface area contributed by atoms with Crippen molar-refractivity contribution in [1.29, 1.82) is 0 Å². The third-order valence-electron chi connectivity index (χ3n) is 5.05. The Labute approximate surface area is 211 Å². The molecule has 0 aliphatic rings. The van der Waals surface area contributed by atoms with Crippen LogP contribution in [0.1, 0.15) is 10.4 Å². The number of rotatable bonds is 7. The van der Waals surface area contributed by atoms with Gasteiger partial charge in [-0.3, -0.25) is 4.79 Å². The SMILES string of the molecule is CS(=O)(=O)c1ccc(Cl)c(NC(=O)COC(=O)c2cn(-c3ccccc3)nc2-c2ccc(F)cc2)c1. The molecular formula is C25H19ClFN3O5S. The summed E-state index contributed by atoms with van der Waals surface area (Å²) in [7, 11) is -3.52. The summed E-state index contributed by atoms with van der Waals surface area (Å²) in [6, 6.07) is 18.3. The van der Waals surface area contributed by atoms with Crippen LogP contribution >= 0.6 is 11.6 Å². The molecule has 1 aromatic heterocycles. The molecule has 0 aliphatic carbocycles. The highest BCUT2D eigenvalue weighted by molar-refractivity contribution is 7.90. The van der Waals surface area contributed by atoms with Gasteiger partial charge in [-0.25, -0.2) is 22.3 Å². The van der Waals surface area contributed by atoms with Crippen molar-refractivity contribution >= 4 is 39.0 Å². The molecule has 4 rings (SSSR count). The number of nitrogens with one attached hydrogen (secondary N) is 1. The first-order valence-electron chi connectivity index (χ1n) is 10.5.